The number of anilines is 1. The molecule has 2 heteroatoms. The number of benzene rings is 1. The molecule has 0 spiro atoms. The maximum Gasteiger partial charge on any atom is 0.0367 e. The monoisotopic (exact) mass is 260 g/mol. The van der Waals surface area contributed by atoms with Crippen LogP contribution in [0, 0.1) is 0 Å². The van der Waals surface area contributed by atoms with Crippen LogP contribution >= 0.6 is 0 Å². The summed E-state index contributed by atoms with van der Waals surface area (Å²) in [6, 6.07) is 9.12. The number of rotatable bonds is 2. The second kappa shape index (κ2) is 5.16. The van der Waals surface area contributed by atoms with Crippen molar-refractivity contribution in [3.63, 3.8) is 0 Å². The van der Waals surface area contributed by atoms with Crippen molar-refractivity contribution < 1.29 is 0 Å². The van der Waals surface area contributed by atoms with Gasteiger partial charge in [-0.3, -0.25) is 0 Å². The second-order valence-electron chi connectivity index (χ2n) is 7.06. The van der Waals surface area contributed by atoms with Crippen molar-refractivity contribution in [1.29, 1.82) is 0 Å². The molecule has 0 aromatic heterocycles. The highest BCUT2D eigenvalue weighted by Crippen LogP contribution is 2.26. The molecule has 1 unspecified atom stereocenters. The van der Waals surface area contributed by atoms with E-state index < -0.39 is 0 Å². The molecule has 1 saturated heterocycles. The van der Waals surface area contributed by atoms with Crippen LogP contribution in [-0.2, 0) is 5.41 Å². The van der Waals surface area contributed by atoms with E-state index in [1.54, 1.807) is 0 Å². The van der Waals surface area contributed by atoms with Gasteiger partial charge in [-0.2, -0.15) is 0 Å². The van der Waals surface area contributed by atoms with Crippen LogP contribution in [0.4, 0.5) is 5.69 Å². The first-order valence-electron chi connectivity index (χ1n) is 7.45. The lowest BCUT2D eigenvalue weighted by atomic mass is 9.87. The van der Waals surface area contributed by atoms with Gasteiger partial charge >= 0.3 is 0 Å². The van der Waals surface area contributed by atoms with Crippen molar-refractivity contribution in [2.24, 2.45) is 0 Å². The molecule has 0 saturated carbocycles. The molecule has 106 valence electrons. The fourth-order valence-electron chi connectivity index (χ4n) is 2.68. The van der Waals surface area contributed by atoms with Gasteiger partial charge in [0.25, 0.3) is 0 Å². The van der Waals surface area contributed by atoms with Gasteiger partial charge in [0.1, 0.15) is 0 Å². The van der Waals surface area contributed by atoms with Crippen molar-refractivity contribution in [2.75, 3.05) is 24.5 Å². The maximum atomic E-state index is 3.64. The number of nitrogens with one attached hydrogen (secondary N) is 1. The van der Waals surface area contributed by atoms with Gasteiger partial charge in [-0.05, 0) is 36.5 Å². The summed E-state index contributed by atoms with van der Waals surface area (Å²) in [5.41, 5.74) is 3.25. The number of hydrogen-bond acceptors (Lipinski definition) is 2. The quantitative estimate of drug-likeness (QED) is 0.874. The zero-order valence-electron chi connectivity index (χ0n) is 13.1. The molecule has 1 aliphatic rings. The molecule has 0 radical (unpaired) electrons. The van der Waals surface area contributed by atoms with Crippen molar-refractivity contribution >= 4 is 5.69 Å². The Hall–Kier alpha value is -1.02. The van der Waals surface area contributed by atoms with Gasteiger partial charge in [0.15, 0.2) is 0 Å². The first-order valence-corrected chi connectivity index (χ1v) is 7.45. The van der Waals surface area contributed by atoms with Crippen LogP contribution in [0.1, 0.15) is 46.6 Å². The Morgan fingerprint density at radius 3 is 2.37 bits per heavy atom. The molecule has 1 aliphatic heterocycles. The third-order valence-corrected chi connectivity index (χ3v) is 4.35. The molecule has 2 nitrogen and oxygen atoms in total. The lowest BCUT2D eigenvalue weighted by Crippen LogP contribution is -2.58. The molecule has 1 fully saturated rings. The topological polar surface area (TPSA) is 15.3 Å². The molecule has 1 aromatic rings. The van der Waals surface area contributed by atoms with Crippen LogP contribution < -0.4 is 10.2 Å². The smallest absolute Gasteiger partial charge is 0.0367 e. The van der Waals surface area contributed by atoms with E-state index in [1.165, 1.54) is 17.7 Å². The molecule has 1 heterocycles. The van der Waals surface area contributed by atoms with Gasteiger partial charge in [0.2, 0.25) is 0 Å². The highest BCUT2D eigenvalue weighted by atomic mass is 15.2. The van der Waals surface area contributed by atoms with Gasteiger partial charge in [-0.25, -0.2) is 0 Å². The molecule has 0 amide bonds. The van der Waals surface area contributed by atoms with Crippen LogP contribution in [-0.4, -0.2) is 25.2 Å². The zero-order valence-corrected chi connectivity index (χ0v) is 13.1. The lowest BCUT2D eigenvalue weighted by Gasteiger charge is -2.42. The molecule has 1 atom stereocenters. The Labute approximate surface area is 118 Å². The molecule has 0 aliphatic carbocycles. The van der Waals surface area contributed by atoms with Crippen molar-refractivity contribution in [2.45, 2.75) is 52.0 Å². The number of piperazine rings is 1. The van der Waals surface area contributed by atoms with Crippen LogP contribution in [0.5, 0.6) is 0 Å². The van der Waals surface area contributed by atoms with Gasteiger partial charge in [-0.1, -0.05) is 39.8 Å². The fourth-order valence-corrected chi connectivity index (χ4v) is 2.68. The van der Waals surface area contributed by atoms with E-state index in [-0.39, 0.29) is 11.0 Å². The predicted molar refractivity (Wildman–Crippen MR) is 84.1 cm³/mol. The van der Waals surface area contributed by atoms with E-state index in [1.807, 2.05) is 0 Å². The Morgan fingerprint density at radius 2 is 1.84 bits per heavy atom. The van der Waals surface area contributed by atoms with E-state index >= 15 is 0 Å². The largest absolute Gasteiger partial charge is 0.368 e. The summed E-state index contributed by atoms with van der Waals surface area (Å²) in [7, 11) is 0. The average Bonchev–Trinajstić information content (AvgIpc) is 2.38. The highest BCUT2D eigenvalue weighted by molar-refractivity contribution is 5.49. The molecule has 0 bridgehead atoms. The minimum absolute atomic E-state index is 0.236. The van der Waals surface area contributed by atoms with E-state index in [4.69, 9.17) is 0 Å². The molecular formula is C17H28N2. The Morgan fingerprint density at radius 1 is 1.21 bits per heavy atom. The van der Waals surface area contributed by atoms with Crippen LogP contribution in [0.15, 0.2) is 24.3 Å². The molecule has 1 aromatic carbocycles. The average molecular weight is 260 g/mol. The van der Waals surface area contributed by atoms with E-state index in [0.717, 1.165) is 19.6 Å². The SMILES string of the molecule is CCC1(C)CN(c2ccc(C(C)(C)C)cc2)CCN1. The van der Waals surface area contributed by atoms with Crippen molar-refractivity contribution in [3.8, 4) is 0 Å². The van der Waals surface area contributed by atoms with Gasteiger partial charge in [-0.15, -0.1) is 0 Å². The van der Waals surface area contributed by atoms with Gasteiger partial charge in [0, 0.05) is 30.9 Å². The summed E-state index contributed by atoms with van der Waals surface area (Å²) in [5, 5.41) is 3.64. The van der Waals surface area contributed by atoms with Crippen LogP contribution in [0.25, 0.3) is 0 Å². The summed E-state index contributed by atoms with van der Waals surface area (Å²) < 4.78 is 0. The van der Waals surface area contributed by atoms with E-state index in [0.29, 0.717) is 0 Å². The van der Waals surface area contributed by atoms with E-state index in [9.17, 15) is 0 Å². The minimum Gasteiger partial charge on any atom is -0.368 e. The molecule has 2 rings (SSSR count). The normalized spacial score (nSPS) is 24.6. The van der Waals surface area contributed by atoms with Gasteiger partial charge < -0.3 is 10.2 Å². The number of nitrogens with zero attached hydrogens (tertiary/aromatic N) is 1. The lowest BCUT2D eigenvalue weighted by molar-refractivity contribution is 0.314. The first kappa shape index (κ1) is 14.4. The van der Waals surface area contributed by atoms with Crippen molar-refractivity contribution in [1.82, 2.24) is 5.32 Å². The Bertz CT molecular complexity index is 416. The minimum atomic E-state index is 0.236. The summed E-state index contributed by atoms with van der Waals surface area (Å²) >= 11 is 0. The van der Waals surface area contributed by atoms with Crippen LogP contribution in [0.2, 0.25) is 0 Å². The summed E-state index contributed by atoms with van der Waals surface area (Å²) in [6.07, 6.45) is 1.17. The summed E-state index contributed by atoms with van der Waals surface area (Å²) in [4.78, 5) is 2.51. The highest BCUT2D eigenvalue weighted by Gasteiger charge is 2.28. The molecule has 1 N–H and O–H groups in total. The van der Waals surface area contributed by atoms with Crippen LogP contribution in [0.3, 0.4) is 0 Å². The standard InChI is InChI=1S/C17H28N2/c1-6-17(5)13-19(12-11-18-17)15-9-7-14(8-10-15)16(2,3)4/h7-10,18H,6,11-13H2,1-5H3. The first-order chi connectivity index (χ1) is 8.84. The molecule has 19 heavy (non-hydrogen) atoms. The third-order valence-electron chi connectivity index (χ3n) is 4.35. The zero-order chi connectivity index (χ0) is 14.1. The second-order valence-corrected chi connectivity index (χ2v) is 7.06. The maximum absolute atomic E-state index is 3.64. The fraction of sp³-hybridized carbons (Fsp3) is 0.647. The molecular weight excluding hydrogens is 232 g/mol. The Balaban J connectivity index is 2.14. The summed E-state index contributed by atoms with van der Waals surface area (Å²) in [6.45, 7) is 14.7. The summed E-state index contributed by atoms with van der Waals surface area (Å²) in [5.74, 6) is 0. The van der Waals surface area contributed by atoms with Crippen molar-refractivity contribution in [3.05, 3.63) is 29.8 Å². The Kier molecular flexibility index (Phi) is 3.91. The number of hydrogen-bond donors (Lipinski definition) is 1. The van der Waals surface area contributed by atoms with Gasteiger partial charge in [0.05, 0.1) is 0 Å². The third kappa shape index (κ3) is 3.30. The predicted octanol–water partition coefficient (Wildman–Crippen LogP) is 3.56. The van der Waals surface area contributed by atoms with E-state index in [2.05, 4.69) is 69.1 Å².